The largest absolute Gasteiger partial charge is 0.497 e. The molecule has 3 atom stereocenters. The Balaban J connectivity index is 1.59. The lowest BCUT2D eigenvalue weighted by Crippen LogP contribution is -2.36. The molecule has 0 bridgehead atoms. The van der Waals surface area contributed by atoms with Crippen LogP contribution in [0.4, 0.5) is 0 Å². The molecule has 28 heavy (non-hydrogen) atoms. The van der Waals surface area contributed by atoms with Crippen molar-refractivity contribution in [2.24, 2.45) is 11.8 Å². The van der Waals surface area contributed by atoms with Crippen molar-refractivity contribution in [1.29, 1.82) is 0 Å². The minimum atomic E-state index is -0.301. The standard InChI is InChI=1S/C21H28N2O5/c1-13(17-12-14(27-2)8-9-18(17)28-3)22-19(24)10-11-23-20(25)15-6-4-5-7-16(15)21(23)26/h8-9,12-13,15-16H,4-7,10-11H2,1-3H3,(H,22,24)/t13-,15-,16-/m0/s1. The molecule has 1 saturated heterocycles. The van der Waals surface area contributed by atoms with Gasteiger partial charge in [0, 0.05) is 18.5 Å². The lowest BCUT2D eigenvalue weighted by Gasteiger charge is -2.19. The average Bonchev–Trinajstić information content (AvgIpc) is 2.96. The monoisotopic (exact) mass is 388 g/mol. The second-order valence-electron chi connectivity index (χ2n) is 7.47. The van der Waals surface area contributed by atoms with E-state index >= 15 is 0 Å². The maximum atomic E-state index is 12.5. The van der Waals surface area contributed by atoms with Gasteiger partial charge in [0.2, 0.25) is 17.7 Å². The molecule has 1 saturated carbocycles. The molecule has 2 aliphatic rings. The smallest absolute Gasteiger partial charge is 0.233 e. The summed E-state index contributed by atoms with van der Waals surface area (Å²) < 4.78 is 10.6. The van der Waals surface area contributed by atoms with Crippen molar-refractivity contribution >= 4 is 17.7 Å². The van der Waals surface area contributed by atoms with Gasteiger partial charge < -0.3 is 14.8 Å². The fourth-order valence-electron chi connectivity index (χ4n) is 4.23. The van der Waals surface area contributed by atoms with Gasteiger partial charge in [0.25, 0.3) is 0 Å². The molecule has 1 aromatic carbocycles. The second-order valence-corrected chi connectivity index (χ2v) is 7.47. The van der Waals surface area contributed by atoms with Gasteiger partial charge >= 0.3 is 0 Å². The highest BCUT2D eigenvalue weighted by molar-refractivity contribution is 6.05. The van der Waals surface area contributed by atoms with Gasteiger partial charge in [-0.25, -0.2) is 0 Å². The Hall–Kier alpha value is -2.57. The van der Waals surface area contributed by atoms with Gasteiger partial charge in [-0.2, -0.15) is 0 Å². The van der Waals surface area contributed by atoms with Gasteiger partial charge in [-0.3, -0.25) is 19.3 Å². The number of nitrogens with one attached hydrogen (secondary N) is 1. The number of methoxy groups -OCH3 is 2. The Kier molecular flexibility index (Phi) is 6.21. The predicted octanol–water partition coefficient (Wildman–Crippen LogP) is 2.45. The van der Waals surface area contributed by atoms with Crippen molar-refractivity contribution in [1.82, 2.24) is 10.2 Å². The summed E-state index contributed by atoms with van der Waals surface area (Å²) in [6.07, 6.45) is 3.64. The molecule has 3 rings (SSSR count). The molecule has 0 spiro atoms. The fourth-order valence-corrected chi connectivity index (χ4v) is 4.23. The third-order valence-corrected chi connectivity index (χ3v) is 5.78. The van der Waals surface area contributed by atoms with Crippen LogP contribution in [-0.2, 0) is 14.4 Å². The maximum absolute atomic E-state index is 12.5. The summed E-state index contributed by atoms with van der Waals surface area (Å²) in [5, 5.41) is 2.91. The molecule has 1 heterocycles. The summed E-state index contributed by atoms with van der Waals surface area (Å²) >= 11 is 0. The van der Waals surface area contributed by atoms with Gasteiger partial charge in [-0.1, -0.05) is 12.8 Å². The van der Waals surface area contributed by atoms with Crippen LogP contribution in [0.15, 0.2) is 18.2 Å². The molecular formula is C21H28N2O5. The van der Waals surface area contributed by atoms with E-state index in [1.54, 1.807) is 26.4 Å². The van der Waals surface area contributed by atoms with E-state index in [1.807, 2.05) is 13.0 Å². The van der Waals surface area contributed by atoms with Crippen LogP contribution < -0.4 is 14.8 Å². The zero-order valence-corrected chi connectivity index (χ0v) is 16.7. The minimum absolute atomic E-state index is 0.0908. The van der Waals surface area contributed by atoms with Crippen LogP contribution in [-0.4, -0.2) is 43.4 Å². The number of hydrogen-bond acceptors (Lipinski definition) is 5. The molecule has 1 N–H and O–H groups in total. The van der Waals surface area contributed by atoms with E-state index in [-0.39, 0.29) is 48.6 Å². The zero-order chi connectivity index (χ0) is 20.3. The second kappa shape index (κ2) is 8.63. The topological polar surface area (TPSA) is 84.9 Å². The SMILES string of the molecule is COc1ccc(OC)c([C@H](C)NC(=O)CCN2C(=O)[C@H]3CCCC[C@@H]3C2=O)c1. The molecule has 1 aromatic rings. The van der Waals surface area contributed by atoms with Crippen molar-refractivity contribution in [2.45, 2.75) is 45.1 Å². The predicted molar refractivity (Wildman–Crippen MR) is 103 cm³/mol. The van der Waals surface area contributed by atoms with Crippen LogP contribution in [0, 0.1) is 11.8 Å². The van der Waals surface area contributed by atoms with Crippen LogP contribution in [0.2, 0.25) is 0 Å². The lowest BCUT2D eigenvalue weighted by molar-refractivity contribution is -0.140. The first-order valence-electron chi connectivity index (χ1n) is 9.82. The van der Waals surface area contributed by atoms with Crippen molar-refractivity contribution in [3.05, 3.63) is 23.8 Å². The normalized spacial score (nSPS) is 22.6. The fraction of sp³-hybridized carbons (Fsp3) is 0.571. The first-order valence-corrected chi connectivity index (χ1v) is 9.82. The molecule has 7 nitrogen and oxygen atoms in total. The number of amides is 3. The van der Waals surface area contributed by atoms with Gasteiger partial charge in [-0.05, 0) is 38.0 Å². The summed E-state index contributed by atoms with van der Waals surface area (Å²) in [5.74, 6) is 0.548. The van der Waals surface area contributed by atoms with E-state index in [9.17, 15) is 14.4 Å². The van der Waals surface area contributed by atoms with Crippen molar-refractivity contribution in [3.8, 4) is 11.5 Å². The van der Waals surface area contributed by atoms with Crippen LogP contribution >= 0.6 is 0 Å². The Labute approximate surface area is 165 Å². The quantitative estimate of drug-likeness (QED) is 0.725. The first kappa shape index (κ1) is 20.2. The van der Waals surface area contributed by atoms with Crippen molar-refractivity contribution in [2.75, 3.05) is 20.8 Å². The first-order chi connectivity index (χ1) is 13.5. The van der Waals surface area contributed by atoms with Gasteiger partial charge in [0.05, 0.1) is 32.1 Å². The Morgan fingerprint density at radius 2 is 1.79 bits per heavy atom. The molecule has 152 valence electrons. The summed E-state index contributed by atoms with van der Waals surface area (Å²) in [7, 11) is 3.15. The highest BCUT2D eigenvalue weighted by atomic mass is 16.5. The zero-order valence-electron chi connectivity index (χ0n) is 16.7. The number of hydrogen-bond donors (Lipinski definition) is 1. The van der Waals surface area contributed by atoms with Crippen molar-refractivity contribution in [3.63, 3.8) is 0 Å². The van der Waals surface area contributed by atoms with Gasteiger partial charge in [0.15, 0.2) is 0 Å². The Morgan fingerprint density at radius 3 is 2.36 bits per heavy atom. The molecule has 0 unspecified atom stereocenters. The van der Waals surface area contributed by atoms with Crippen LogP contribution in [0.25, 0.3) is 0 Å². The molecule has 0 aromatic heterocycles. The van der Waals surface area contributed by atoms with Gasteiger partial charge in [-0.15, -0.1) is 0 Å². The number of carbonyl (C=O) groups excluding carboxylic acids is 3. The third kappa shape index (κ3) is 3.98. The summed E-state index contributed by atoms with van der Waals surface area (Å²) in [4.78, 5) is 38.7. The Bertz CT molecular complexity index is 739. The number of nitrogens with zero attached hydrogens (tertiary/aromatic N) is 1. The van der Waals surface area contributed by atoms with E-state index in [2.05, 4.69) is 5.32 Å². The van der Waals surface area contributed by atoms with Crippen molar-refractivity contribution < 1.29 is 23.9 Å². The van der Waals surface area contributed by atoms with E-state index in [0.717, 1.165) is 31.2 Å². The maximum Gasteiger partial charge on any atom is 0.233 e. The Morgan fingerprint density at radius 1 is 1.14 bits per heavy atom. The molecule has 0 radical (unpaired) electrons. The minimum Gasteiger partial charge on any atom is -0.497 e. The van der Waals surface area contributed by atoms with E-state index < -0.39 is 0 Å². The summed E-state index contributed by atoms with van der Waals surface area (Å²) in [5.41, 5.74) is 0.801. The van der Waals surface area contributed by atoms with Crippen LogP contribution in [0.1, 0.15) is 50.6 Å². The lowest BCUT2D eigenvalue weighted by atomic mass is 9.81. The molecule has 7 heteroatoms. The van der Waals surface area contributed by atoms with E-state index in [1.165, 1.54) is 4.90 Å². The number of benzene rings is 1. The molecule has 2 fully saturated rings. The average molecular weight is 388 g/mol. The van der Waals surface area contributed by atoms with E-state index in [0.29, 0.717) is 11.5 Å². The van der Waals surface area contributed by atoms with Crippen LogP contribution in [0.5, 0.6) is 11.5 Å². The molecule has 1 aliphatic carbocycles. The molecule has 1 aliphatic heterocycles. The van der Waals surface area contributed by atoms with E-state index in [4.69, 9.17) is 9.47 Å². The third-order valence-electron chi connectivity index (χ3n) is 5.78. The van der Waals surface area contributed by atoms with Crippen LogP contribution in [0.3, 0.4) is 0 Å². The number of rotatable bonds is 7. The highest BCUT2D eigenvalue weighted by Crippen LogP contribution is 2.38. The number of fused-ring (bicyclic) bond motifs is 1. The molecular weight excluding hydrogens is 360 g/mol. The number of ether oxygens (including phenoxy) is 2. The van der Waals surface area contributed by atoms with Gasteiger partial charge in [0.1, 0.15) is 11.5 Å². The number of imide groups is 1. The number of carbonyl (C=O) groups is 3. The highest BCUT2D eigenvalue weighted by Gasteiger charge is 2.47. The molecule has 3 amide bonds. The number of likely N-dealkylation sites (tertiary alicyclic amines) is 1. The summed E-state index contributed by atoms with van der Waals surface area (Å²) in [6.45, 7) is 1.99. The summed E-state index contributed by atoms with van der Waals surface area (Å²) in [6, 6.07) is 5.10.